The lowest BCUT2D eigenvalue weighted by atomic mass is 10.4. The van der Waals surface area contributed by atoms with Gasteiger partial charge in [0.25, 0.3) is 0 Å². The molecule has 3 heterocycles. The van der Waals surface area contributed by atoms with Gasteiger partial charge in [-0.05, 0) is 35.0 Å². The largest absolute Gasteiger partial charge is 0.446 e. The topological polar surface area (TPSA) is 56.2 Å². The maximum absolute atomic E-state index is 5.45. The molecule has 0 bridgehead atoms. The molecule has 0 aromatic carbocycles. The highest BCUT2D eigenvalue weighted by Gasteiger charge is 2.11. The van der Waals surface area contributed by atoms with Crippen LogP contribution >= 0.6 is 15.9 Å². The zero-order valence-corrected chi connectivity index (χ0v) is 9.97. The fourth-order valence-corrected chi connectivity index (χ4v) is 1.83. The Morgan fingerprint density at radius 3 is 2.94 bits per heavy atom. The molecule has 0 saturated carbocycles. The summed E-state index contributed by atoms with van der Waals surface area (Å²) in [4.78, 5) is 8.51. The lowest BCUT2D eigenvalue weighted by Gasteiger charge is -1.98. The molecule has 3 aromatic heterocycles. The third-order valence-electron chi connectivity index (χ3n) is 2.15. The molecule has 0 unspecified atom stereocenters. The number of nitrogens with zero attached hydrogens (tertiary/aromatic N) is 4. The Morgan fingerprint density at radius 1 is 1.31 bits per heavy atom. The number of hydrogen-bond donors (Lipinski definition) is 0. The number of aryl methyl sites for hydroxylation is 1. The molecule has 0 saturated heterocycles. The van der Waals surface area contributed by atoms with Crippen molar-refractivity contribution in [1.82, 2.24) is 19.6 Å². The van der Waals surface area contributed by atoms with E-state index in [1.54, 1.807) is 10.7 Å². The summed E-state index contributed by atoms with van der Waals surface area (Å²) in [7, 11) is 0. The van der Waals surface area contributed by atoms with E-state index in [-0.39, 0.29) is 0 Å². The maximum Gasteiger partial charge on any atom is 0.199 e. The van der Waals surface area contributed by atoms with Gasteiger partial charge in [-0.15, -0.1) is 5.10 Å². The molecule has 0 radical (unpaired) electrons. The van der Waals surface area contributed by atoms with Gasteiger partial charge in [-0.25, -0.2) is 9.97 Å². The summed E-state index contributed by atoms with van der Waals surface area (Å²) < 4.78 is 7.78. The van der Waals surface area contributed by atoms with Crippen molar-refractivity contribution in [3.05, 3.63) is 34.9 Å². The van der Waals surface area contributed by atoms with Gasteiger partial charge in [-0.3, -0.25) is 0 Å². The molecule has 16 heavy (non-hydrogen) atoms. The smallest absolute Gasteiger partial charge is 0.199 e. The molecule has 0 spiro atoms. The van der Waals surface area contributed by atoms with Crippen LogP contribution in [0.15, 0.2) is 33.5 Å². The number of furan rings is 1. The Hall–Kier alpha value is -1.69. The molecule has 0 aliphatic carbocycles. The molecule has 0 aliphatic rings. The SMILES string of the molecule is Cc1nc2ccnc(-c3ccc(Br)o3)n2n1. The summed E-state index contributed by atoms with van der Waals surface area (Å²) in [6.07, 6.45) is 1.69. The second-order valence-electron chi connectivity index (χ2n) is 3.30. The fourth-order valence-electron chi connectivity index (χ4n) is 1.53. The van der Waals surface area contributed by atoms with Crippen LogP contribution in [0.4, 0.5) is 0 Å². The van der Waals surface area contributed by atoms with E-state index in [0.717, 1.165) is 5.65 Å². The third kappa shape index (κ3) is 1.42. The Morgan fingerprint density at radius 2 is 2.19 bits per heavy atom. The van der Waals surface area contributed by atoms with Crippen molar-refractivity contribution in [1.29, 1.82) is 0 Å². The van der Waals surface area contributed by atoms with Gasteiger partial charge in [0.15, 0.2) is 21.9 Å². The van der Waals surface area contributed by atoms with Gasteiger partial charge in [0.05, 0.1) is 0 Å². The summed E-state index contributed by atoms with van der Waals surface area (Å²) in [5, 5.41) is 4.27. The molecular weight excluding hydrogens is 272 g/mol. The van der Waals surface area contributed by atoms with E-state index in [2.05, 4.69) is 31.0 Å². The third-order valence-corrected chi connectivity index (χ3v) is 2.58. The van der Waals surface area contributed by atoms with Crippen molar-refractivity contribution in [2.45, 2.75) is 6.92 Å². The molecule has 0 amide bonds. The number of aromatic nitrogens is 4. The summed E-state index contributed by atoms with van der Waals surface area (Å²) in [5.74, 6) is 2.01. The van der Waals surface area contributed by atoms with Crippen molar-refractivity contribution in [3.63, 3.8) is 0 Å². The molecule has 0 atom stereocenters. The molecule has 3 rings (SSSR count). The van der Waals surface area contributed by atoms with Crippen molar-refractivity contribution in [3.8, 4) is 11.6 Å². The van der Waals surface area contributed by atoms with E-state index < -0.39 is 0 Å². The Balaban J connectivity index is 2.30. The van der Waals surface area contributed by atoms with Crippen LogP contribution in [-0.2, 0) is 0 Å². The number of hydrogen-bond acceptors (Lipinski definition) is 4. The zero-order chi connectivity index (χ0) is 11.1. The van der Waals surface area contributed by atoms with E-state index in [4.69, 9.17) is 4.42 Å². The summed E-state index contributed by atoms with van der Waals surface area (Å²) >= 11 is 3.26. The Labute approximate surface area is 99.3 Å². The summed E-state index contributed by atoms with van der Waals surface area (Å²) in [6.45, 7) is 1.84. The van der Waals surface area contributed by atoms with E-state index >= 15 is 0 Å². The van der Waals surface area contributed by atoms with Crippen molar-refractivity contribution < 1.29 is 4.42 Å². The maximum atomic E-state index is 5.45. The molecular formula is C10H7BrN4O. The lowest BCUT2D eigenvalue weighted by molar-refractivity contribution is 0.548. The predicted octanol–water partition coefficient (Wildman–Crippen LogP) is 2.46. The average molecular weight is 279 g/mol. The highest BCUT2D eigenvalue weighted by atomic mass is 79.9. The number of halogens is 1. The molecule has 5 nitrogen and oxygen atoms in total. The van der Waals surface area contributed by atoms with E-state index in [1.165, 1.54) is 0 Å². The van der Waals surface area contributed by atoms with E-state index in [1.807, 2.05) is 25.1 Å². The van der Waals surface area contributed by atoms with Crippen LogP contribution in [0, 0.1) is 6.92 Å². The Kier molecular flexibility index (Phi) is 2.03. The Bertz CT molecular complexity index is 658. The van der Waals surface area contributed by atoms with Crippen LogP contribution in [0.2, 0.25) is 0 Å². The monoisotopic (exact) mass is 278 g/mol. The van der Waals surface area contributed by atoms with Gasteiger partial charge in [-0.1, -0.05) is 0 Å². The molecule has 0 aliphatic heterocycles. The van der Waals surface area contributed by atoms with Gasteiger partial charge >= 0.3 is 0 Å². The first-order valence-electron chi connectivity index (χ1n) is 4.68. The lowest BCUT2D eigenvalue weighted by Crippen LogP contribution is -1.96. The molecule has 0 N–H and O–H groups in total. The van der Waals surface area contributed by atoms with Crippen LogP contribution in [0.3, 0.4) is 0 Å². The van der Waals surface area contributed by atoms with E-state index in [0.29, 0.717) is 22.1 Å². The molecule has 3 aromatic rings. The van der Waals surface area contributed by atoms with Crippen LogP contribution < -0.4 is 0 Å². The van der Waals surface area contributed by atoms with Crippen molar-refractivity contribution in [2.75, 3.05) is 0 Å². The van der Waals surface area contributed by atoms with Crippen molar-refractivity contribution in [2.24, 2.45) is 0 Å². The number of fused-ring (bicyclic) bond motifs is 1. The quantitative estimate of drug-likeness (QED) is 0.686. The second-order valence-corrected chi connectivity index (χ2v) is 4.08. The average Bonchev–Trinajstić information content (AvgIpc) is 2.82. The zero-order valence-electron chi connectivity index (χ0n) is 8.38. The summed E-state index contributed by atoms with van der Waals surface area (Å²) in [5.41, 5.74) is 0.759. The highest BCUT2D eigenvalue weighted by molar-refractivity contribution is 9.10. The van der Waals surface area contributed by atoms with Crippen LogP contribution in [0.25, 0.3) is 17.2 Å². The summed E-state index contributed by atoms with van der Waals surface area (Å²) in [6, 6.07) is 5.46. The van der Waals surface area contributed by atoms with Crippen molar-refractivity contribution >= 4 is 21.6 Å². The predicted molar refractivity (Wildman–Crippen MR) is 60.9 cm³/mol. The normalized spacial score (nSPS) is 11.1. The second kappa shape index (κ2) is 3.41. The highest BCUT2D eigenvalue weighted by Crippen LogP contribution is 2.23. The van der Waals surface area contributed by atoms with Gasteiger partial charge < -0.3 is 4.42 Å². The van der Waals surface area contributed by atoms with Gasteiger partial charge in [0, 0.05) is 12.3 Å². The van der Waals surface area contributed by atoms with Crippen LogP contribution in [0.5, 0.6) is 0 Å². The van der Waals surface area contributed by atoms with Gasteiger partial charge in [0.1, 0.15) is 5.82 Å². The van der Waals surface area contributed by atoms with Crippen LogP contribution in [-0.4, -0.2) is 19.6 Å². The molecule has 6 heteroatoms. The standard InChI is InChI=1S/C10H7BrN4O/c1-6-13-9-4-5-12-10(15(9)14-6)7-2-3-8(11)16-7/h2-5H,1H3. The minimum Gasteiger partial charge on any atom is -0.446 e. The van der Waals surface area contributed by atoms with Gasteiger partial charge in [-0.2, -0.15) is 4.52 Å². The first-order chi connectivity index (χ1) is 7.74. The number of rotatable bonds is 1. The van der Waals surface area contributed by atoms with E-state index in [9.17, 15) is 0 Å². The molecule has 0 fully saturated rings. The minimum atomic E-state index is 0.642. The van der Waals surface area contributed by atoms with Crippen LogP contribution in [0.1, 0.15) is 5.82 Å². The fraction of sp³-hybridized carbons (Fsp3) is 0.100. The first-order valence-corrected chi connectivity index (χ1v) is 5.47. The first kappa shape index (κ1) is 9.53. The minimum absolute atomic E-state index is 0.642. The van der Waals surface area contributed by atoms with Gasteiger partial charge in [0.2, 0.25) is 0 Å². The molecule has 80 valence electrons.